The molecule has 0 atom stereocenters. The average molecular weight is 87.1 g/mol. The molecule has 0 aromatic carbocycles. The summed E-state index contributed by atoms with van der Waals surface area (Å²) in [4.78, 5) is 9.08. The highest BCUT2D eigenvalue weighted by molar-refractivity contribution is 4.67. The number of rotatable bonds is 2. The van der Waals surface area contributed by atoms with Crippen molar-refractivity contribution in [3.63, 3.8) is 0 Å². The average Bonchev–Trinajstić information content (AvgIpc) is 1.41. The van der Waals surface area contributed by atoms with Gasteiger partial charge in [-0.25, -0.2) is 0 Å². The maximum atomic E-state index is 9.08. The van der Waals surface area contributed by atoms with Crippen LogP contribution in [-0.4, -0.2) is 6.54 Å². The van der Waals surface area contributed by atoms with Crippen molar-refractivity contribution < 1.29 is 0 Å². The molecule has 0 bridgehead atoms. The summed E-state index contributed by atoms with van der Waals surface area (Å²) < 4.78 is 0. The third kappa shape index (κ3) is 10.2. The lowest BCUT2D eigenvalue weighted by Crippen LogP contribution is -1.58. The van der Waals surface area contributed by atoms with Gasteiger partial charge in [0.25, 0.3) is 0 Å². The van der Waals surface area contributed by atoms with Crippen molar-refractivity contribution in [3.8, 4) is 0 Å². The fourth-order valence-corrected chi connectivity index (χ4v) is 0.0527. The summed E-state index contributed by atoms with van der Waals surface area (Å²) in [6.45, 7) is 3.48. The van der Waals surface area contributed by atoms with Gasteiger partial charge in [0.2, 0.25) is 0 Å². The van der Waals surface area contributed by atoms with Gasteiger partial charge in [-0.1, -0.05) is 18.7 Å². The monoisotopic (exact) mass is 87.1 g/mol. The van der Waals surface area contributed by atoms with Gasteiger partial charge in [0, 0.05) is 0 Å². The van der Waals surface area contributed by atoms with E-state index in [0.717, 1.165) is 0 Å². The summed E-state index contributed by atoms with van der Waals surface area (Å²) in [5.74, 6) is 0. The third-order valence-corrected chi connectivity index (χ3v) is 0.204. The van der Waals surface area contributed by atoms with Gasteiger partial charge in [-0.15, -0.1) is 6.58 Å². The molecule has 0 fully saturated rings. The summed E-state index contributed by atoms with van der Waals surface area (Å²) in [6.07, 6.45) is 1.45. The maximum absolute atomic E-state index is 9.08. The second-order valence-corrected chi connectivity index (χ2v) is 0.600. The highest BCUT2D eigenvalue weighted by Gasteiger charge is 1.58. The lowest BCUT2D eigenvalue weighted by Gasteiger charge is -1.59. The molecule has 36 valence electrons. The molecular formula is C4H9NO. The van der Waals surface area contributed by atoms with Crippen molar-refractivity contribution in [1.29, 1.82) is 0 Å². The summed E-state index contributed by atoms with van der Waals surface area (Å²) in [5.41, 5.74) is 0. The Morgan fingerprint density at radius 3 is 2.33 bits per heavy atom. The van der Waals surface area contributed by atoms with Crippen LogP contribution in [0.5, 0.6) is 0 Å². The minimum atomic E-state index is 0. The fourth-order valence-electron chi connectivity index (χ4n) is 0.0527. The maximum Gasteiger partial charge on any atom is 0.0989 e. The molecule has 0 aromatic rings. The molecule has 2 heteroatoms. The molecule has 0 aliphatic heterocycles. The van der Waals surface area contributed by atoms with Crippen LogP contribution in [0.3, 0.4) is 0 Å². The summed E-state index contributed by atoms with van der Waals surface area (Å²) >= 11 is 0. The predicted octanol–water partition coefficient (Wildman–Crippen LogP) is 1.57. The Hall–Kier alpha value is -0.660. The lowest BCUT2D eigenvalue weighted by atomic mass is 10.7. The van der Waals surface area contributed by atoms with Crippen molar-refractivity contribution >= 4 is 0 Å². The Balaban J connectivity index is 0. The van der Waals surface area contributed by atoms with Gasteiger partial charge in [-0.3, -0.25) is 0 Å². The third-order valence-electron chi connectivity index (χ3n) is 0.204. The second kappa shape index (κ2) is 8.84. The van der Waals surface area contributed by atoms with E-state index in [1.807, 2.05) is 0 Å². The smallest absolute Gasteiger partial charge is 0.0989 e. The van der Waals surface area contributed by atoms with Crippen molar-refractivity contribution in [2.24, 2.45) is 5.18 Å². The van der Waals surface area contributed by atoms with Crippen LogP contribution in [-0.2, 0) is 0 Å². The standard InChI is InChI=1S/C3H5NO.CH4/c1-2-3-4-5;/h2H,1,3H2;1H4. The topological polar surface area (TPSA) is 29.4 Å². The highest BCUT2D eigenvalue weighted by atomic mass is 16.3. The van der Waals surface area contributed by atoms with Gasteiger partial charge >= 0.3 is 0 Å². The molecule has 0 heterocycles. The number of nitroso groups, excluding NO2 is 1. The van der Waals surface area contributed by atoms with Gasteiger partial charge in [-0.2, -0.15) is 4.91 Å². The van der Waals surface area contributed by atoms with Crippen LogP contribution < -0.4 is 0 Å². The quantitative estimate of drug-likeness (QED) is 0.371. The molecule has 0 radical (unpaired) electrons. The Bertz CT molecular complexity index is 36.8. The van der Waals surface area contributed by atoms with Crippen LogP contribution in [0.2, 0.25) is 0 Å². The first-order chi connectivity index (χ1) is 2.41. The Kier molecular flexibility index (Phi) is 13.3. The van der Waals surface area contributed by atoms with E-state index in [1.165, 1.54) is 6.08 Å². The molecular weight excluding hydrogens is 78.0 g/mol. The van der Waals surface area contributed by atoms with Crippen LogP contribution >= 0.6 is 0 Å². The Morgan fingerprint density at radius 1 is 1.83 bits per heavy atom. The molecule has 0 aliphatic carbocycles. The van der Waals surface area contributed by atoms with Crippen LogP contribution in [0.15, 0.2) is 17.8 Å². The van der Waals surface area contributed by atoms with E-state index in [0.29, 0.717) is 0 Å². The minimum absolute atomic E-state index is 0. The van der Waals surface area contributed by atoms with Crippen LogP contribution in [0, 0.1) is 4.91 Å². The van der Waals surface area contributed by atoms with Gasteiger partial charge in [0.1, 0.15) is 0 Å². The van der Waals surface area contributed by atoms with Crippen molar-refractivity contribution in [3.05, 3.63) is 17.6 Å². The highest BCUT2D eigenvalue weighted by Crippen LogP contribution is 1.61. The van der Waals surface area contributed by atoms with E-state index < -0.39 is 0 Å². The van der Waals surface area contributed by atoms with E-state index in [-0.39, 0.29) is 14.0 Å². The molecule has 0 aromatic heterocycles. The predicted molar refractivity (Wildman–Crippen MR) is 27.6 cm³/mol. The van der Waals surface area contributed by atoms with Gasteiger partial charge < -0.3 is 0 Å². The molecule has 0 unspecified atom stereocenters. The first kappa shape index (κ1) is 9.02. The molecule has 0 saturated heterocycles. The molecule has 0 amide bonds. The Morgan fingerprint density at radius 2 is 2.33 bits per heavy atom. The molecule has 0 N–H and O–H groups in total. The zero-order chi connectivity index (χ0) is 4.12. The van der Waals surface area contributed by atoms with Gasteiger partial charge in [0.05, 0.1) is 6.54 Å². The SMILES string of the molecule is C.C=CCN=O. The van der Waals surface area contributed by atoms with E-state index in [1.54, 1.807) is 0 Å². The van der Waals surface area contributed by atoms with E-state index in [4.69, 9.17) is 4.91 Å². The normalized spacial score (nSPS) is 5.33. The number of hydrogen-bond acceptors (Lipinski definition) is 2. The van der Waals surface area contributed by atoms with Gasteiger partial charge in [0.15, 0.2) is 0 Å². The van der Waals surface area contributed by atoms with E-state index in [9.17, 15) is 0 Å². The largest absolute Gasteiger partial charge is 0.150 e. The van der Waals surface area contributed by atoms with Gasteiger partial charge in [-0.05, 0) is 0 Å². The first-order valence-electron chi connectivity index (χ1n) is 1.32. The molecule has 0 aliphatic rings. The fraction of sp³-hybridized carbons (Fsp3) is 0.500. The number of nitrogens with zero attached hydrogens (tertiary/aromatic N) is 1. The van der Waals surface area contributed by atoms with Crippen molar-refractivity contribution in [1.82, 2.24) is 0 Å². The minimum Gasteiger partial charge on any atom is -0.150 e. The van der Waals surface area contributed by atoms with Crippen molar-refractivity contribution in [2.45, 2.75) is 7.43 Å². The molecule has 0 rings (SSSR count). The van der Waals surface area contributed by atoms with Crippen LogP contribution in [0.1, 0.15) is 7.43 Å². The summed E-state index contributed by atoms with van der Waals surface area (Å²) in [5, 5.41) is 2.49. The lowest BCUT2D eigenvalue weighted by molar-refractivity contribution is 1.23. The van der Waals surface area contributed by atoms with Crippen LogP contribution in [0.25, 0.3) is 0 Å². The Labute approximate surface area is 37.8 Å². The second-order valence-electron chi connectivity index (χ2n) is 0.600. The van der Waals surface area contributed by atoms with E-state index >= 15 is 0 Å². The molecule has 2 nitrogen and oxygen atoms in total. The molecule has 0 saturated carbocycles. The first-order valence-corrected chi connectivity index (χ1v) is 1.32. The zero-order valence-electron chi connectivity index (χ0n) is 2.85. The number of hydrogen-bond donors (Lipinski definition) is 0. The summed E-state index contributed by atoms with van der Waals surface area (Å²) in [6, 6.07) is 0. The van der Waals surface area contributed by atoms with E-state index in [2.05, 4.69) is 11.8 Å². The molecule has 0 spiro atoms. The van der Waals surface area contributed by atoms with Crippen LogP contribution in [0.4, 0.5) is 0 Å². The summed E-state index contributed by atoms with van der Waals surface area (Å²) in [7, 11) is 0. The van der Waals surface area contributed by atoms with Crippen molar-refractivity contribution in [2.75, 3.05) is 6.54 Å². The molecule has 6 heavy (non-hydrogen) atoms. The zero-order valence-corrected chi connectivity index (χ0v) is 2.85.